The molecule has 0 aromatic carbocycles. The van der Waals surface area contributed by atoms with Gasteiger partial charge in [0.25, 0.3) is 0 Å². The Hall–Kier alpha value is 0.0249. The van der Waals surface area contributed by atoms with Crippen LogP contribution in [0.1, 0.15) is 19.8 Å². The molecule has 2 radical (unpaired) electrons. The second kappa shape index (κ2) is 2.33. The van der Waals surface area contributed by atoms with Gasteiger partial charge in [-0.15, -0.1) is 0 Å². The lowest BCUT2D eigenvalue weighted by atomic mass is 9.64. The van der Waals surface area contributed by atoms with Crippen LogP contribution in [0.15, 0.2) is 0 Å². The average Bonchev–Trinajstić information content (AvgIpc) is 1.78. The van der Waals surface area contributed by atoms with Gasteiger partial charge in [0.15, 0.2) is 0 Å². The van der Waals surface area contributed by atoms with E-state index in [4.69, 9.17) is 7.85 Å². The maximum Gasteiger partial charge on any atom is 0.0743 e. The van der Waals surface area contributed by atoms with Gasteiger partial charge in [0, 0.05) is 0 Å². The molecule has 0 aromatic heterocycles. The fraction of sp³-hybridized carbons (Fsp3) is 1.00. The highest BCUT2D eigenvalue weighted by molar-refractivity contribution is 6.14. The van der Waals surface area contributed by atoms with Gasteiger partial charge in [0.2, 0.25) is 0 Å². The lowest BCUT2D eigenvalue weighted by Gasteiger charge is -2.35. The van der Waals surface area contributed by atoms with Crippen molar-refractivity contribution >= 4 is 7.85 Å². The van der Waals surface area contributed by atoms with Gasteiger partial charge in [-0.25, -0.2) is 0 Å². The Balaban J connectivity index is 2.35. The number of hydrogen-bond donors (Lipinski definition) is 0. The highest BCUT2D eigenvalue weighted by atomic mass is 15.1. The van der Waals surface area contributed by atoms with Crippen molar-refractivity contribution in [1.82, 2.24) is 4.90 Å². The van der Waals surface area contributed by atoms with E-state index >= 15 is 0 Å². The van der Waals surface area contributed by atoms with Gasteiger partial charge in [0.05, 0.1) is 7.85 Å². The number of rotatable bonds is 0. The molecular formula is C7H14BN. The monoisotopic (exact) mass is 123 g/mol. The Kier molecular flexibility index (Phi) is 1.85. The quantitative estimate of drug-likeness (QED) is 0.435. The third-order valence-corrected chi connectivity index (χ3v) is 2.13. The fourth-order valence-electron chi connectivity index (χ4n) is 1.13. The molecule has 1 aliphatic heterocycles. The van der Waals surface area contributed by atoms with Crippen LogP contribution in [-0.2, 0) is 0 Å². The minimum absolute atomic E-state index is 0.118. The first-order valence-electron chi connectivity index (χ1n) is 3.58. The Morgan fingerprint density at radius 1 is 1.33 bits per heavy atom. The fourth-order valence-corrected chi connectivity index (χ4v) is 1.13. The molecule has 0 atom stereocenters. The molecule has 0 unspecified atom stereocenters. The molecule has 1 heterocycles. The highest BCUT2D eigenvalue weighted by Gasteiger charge is 2.22. The van der Waals surface area contributed by atoms with Crippen molar-refractivity contribution in [2.24, 2.45) is 0 Å². The topological polar surface area (TPSA) is 3.24 Å². The summed E-state index contributed by atoms with van der Waals surface area (Å²) >= 11 is 0. The summed E-state index contributed by atoms with van der Waals surface area (Å²) in [6.45, 7) is 4.46. The summed E-state index contributed by atoms with van der Waals surface area (Å²) < 4.78 is 0. The van der Waals surface area contributed by atoms with E-state index in [1.54, 1.807) is 0 Å². The van der Waals surface area contributed by atoms with Crippen LogP contribution in [-0.4, -0.2) is 32.9 Å². The van der Waals surface area contributed by atoms with Gasteiger partial charge in [-0.05, 0) is 33.0 Å². The van der Waals surface area contributed by atoms with Crippen LogP contribution in [0.25, 0.3) is 0 Å². The first-order valence-corrected chi connectivity index (χ1v) is 3.58. The zero-order valence-corrected chi connectivity index (χ0v) is 6.35. The van der Waals surface area contributed by atoms with E-state index in [0.717, 1.165) is 25.9 Å². The molecule has 9 heavy (non-hydrogen) atoms. The van der Waals surface area contributed by atoms with Crippen LogP contribution in [0, 0.1) is 0 Å². The maximum atomic E-state index is 5.91. The molecule has 0 spiro atoms. The third-order valence-electron chi connectivity index (χ3n) is 2.13. The van der Waals surface area contributed by atoms with Crippen molar-refractivity contribution < 1.29 is 0 Å². The molecule has 0 aromatic rings. The zero-order chi connectivity index (χ0) is 6.91. The van der Waals surface area contributed by atoms with Crippen LogP contribution in [0.2, 0.25) is 5.31 Å². The van der Waals surface area contributed by atoms with Crippen molar-refractivity contribution in [3.63, 3.8) is 0 Å². The molecule has 2 heteroatoms. The largest absolute Gasteiger partial charge is 0.306 e. The molecule has 0 saturated carbocycles. The van der Waals surface area contributed by atoms with Crippen LogP contribution in [0.3, 0.4) is 0 Å². The first kappa shape index (κ1) is 7.14. The molecule has 50 valence electrons. The number of nitrogens with zero attached hydrogens (tertiary/aromatic N) is 1. The highest BCUT2D eigenvalue weighted by Crippen LogP contribution is 2.33. The molecule has 1 rings (SSSR count). The summed E-state index contributed by atoms with van der Waals surface area (Å²) in [5.41, 5.74) is 0. The van der Waals surface area contributed by atoms with Crippen molar-refractivity contribution in [3.8, 4) is 0 Å². The summed E-state index contributed by atoms with van der Waals surface area (Å²) in [5, 5.41) is 0.118. The molecule has 0 N–H and O–H groups in total. The minimum atomic E-state index is 0.118. The van der Waals surface area contributed by atoms with E-state index in [2.05, 4.69) is 18.9 Å². The average molecular weight is 123 g/mol. The van der Waals surface area contributed by atoms with Gasteiger partial charge in [0.1, 0.15) is 0 Å². The Bertz CT molecular complexity index is 91.1. The first-order chi connectivity index (χ1) is 4.10. The lowest BCUT2D eigenvalue weighted by molar-refractivity contribution is 0.239. The van der Waals surface area contributed by atoms with Crippen LogP contribution < -0.4 is 0 Å². The Morgan fingerprint density at radius 3 is 2.11 bits per heavy atom. The standard InChI is InChI=1S/C7H14BN/c1-7(8)3-5-9(2)6-4-7/h3-6H2,1-2H3. The van der Waals surface area contributed by atoms with E-state index in [0.29, 0.717) is 0 Å². The Morgan fingerprint density at radius 2 is 1.78 bits per heavy atom. The summed E-state index contributed by atoms with van der Waals surface area (Å²) in [6.07, 6.45) is 2.28. The molecule has 1 saturated heterocycles. The molecular weight excluding hydrogens is 109 g/mol. The SMILES string of the molecule is [B]C1(C)CCN(C)CC1. The summed E-state index contributed by atoms with van der Waals surface area (Å²) in [5.74, 6) is 0. The van der Waals surface area contributed by atoms with Gasteiger partial charge in [-0.1, -0.05) is 12.2 Å². The van der Waals surface area contributed by atoms with Gasteiger partial charge >= 0.3 is 0 Å². The second-order valence-corrected chi connectivity index (χ2v) is 3.46. The number of piperidine rings is 1. The summed E-state index contributed by atoms with van der Waals surface area (Å²) in [7, 11) is 8.06. The predicted molar refractivity (Wildman–Crippen MR) is 40.9 cm³/mol. The smallest absolute Gasteiger partial charge is 0.0743 e. The van der Waals surface area contributed by atoms with Crippen molar-refractivity contribution in [2.75, 3.05) is 20.1 Å². The number of hydrogen-bond acceptors (Lipinski definition) is 1. The van der Waals surface area contributed by atoms with Crippen molar-refractivity contribution in [3.05, 3.63) is 0 Å². The van der Waals surface area contributed by atoms with Crippen LogP contribution in [0.4, 0.5) is 0 Å². The Labute approximate surface area is 58.8 Å². The van der Waals surface area contributed by atoms with E-state index in [1.165, 1.54) is 0 Å². The predicted octanol–water partition coefficient (Wildman–Crippen LogP) is 1.06. The van der Waals surface area contributed by atoms with Crippen LogP contribution >= 0.6 is 0 Å². The third kappa shape index (κ3) is 2.01. The van der Waals surface area contributed by atoms with Crippen molar-refractivity contribution in [1.29, 1.82) is 0 Å². The summed E-state index contributed by atoms with van der Waals surface area (Å²) in [4.78, 5) is 2.33. The molecule has 0 aliphatic carbocycles. The van der Waals surface area contributed by atoms with Gasteiger partial charge < -0.3 is 4.90 Å². The molecule has 0 amide bonds. The lowest BCUT2D eigenvalue weighted by Crippen LogP contribution is -2.32. The molecule has 1 aliphatic rings. The normalized spacial score (nSPS) is 28.2. The number of likely N-dealkylation sites (tertiary alicyclic amines) is 1. The summed E-state index contributed by atoms with van der Waals surface area (Å²) in [6, 6.07) is 0. The van der Waals surface area contributed by atoms with E-state index in [-0.39, 0.29) is 5.31 Å². The van der Waals surface area contributed by atoms with Gasteiger partial charge in [-0.3, -0.25) is 0 Å². The minimum Gasteiger partial charge on any atom is -0.306 e. The van der Waals surface area contributed by atoms with Crippen LogP contribution in [0.5, 0.6) is 0 Å². The van der Waals surface area contributed by atoms with E-state index in [9.17, 15) is 0 Å². The van der Waals surface area contributed by atoms with Crippen molar-refractivity contribution in [2.45, 2.75) is 25.1 Å². The molecule has 1 nitrogen and oxygen atoms in total. The zero-order valence-electron chi connectivity index (χ0n) is 6.35. The molecule has 1 fully saturated rings. The van der Waals surface area contributed by atoms with E-state index < -0.39 is 0 Å². The maximum absolute atomic E-state index is 5.91. The van der Waals surface area contributed by atoms with E-state index in [1.807, 2.05) is 0 Å². The molecule has 0 bridgehead atoms. The second-order valence-electron chi connectivity index (χ2n) is 3.46. The van der Waals surface area contributed by atoms with Gasteiger partial charge in [-0.2, -0.15) is 0 Å².